The number of amides is 2. The molecule has 0 unspecified atom stereocenters. The average Bonchev–Trinajstić information content (AvgIpc) is 3.41. The summed E-state index contributed by atoms with van der Waals surface area (Å²) < 4.78 is 11.2. The zero-order chi connectivity index (χ0) is 17.9. The number of anilines is 1. The number of carbonyl (C=O) groups excluding carboxylic acids is 1. The second-order valence-electron chi connectivity index (χ2n) is 7.14. The van der Waals surface area contributed by atoms with E-state index in [-0.39, 0.29) is 6.03 Å². The van der Waals surface area contributed by atoms with Crippen LogP contribution in [0.2, 0.25) is 0 Å². The van der Waals surface area contributed by atoms with E-state index < -0.39 is 0 Å². The zero-order valence-corrected chi connectivity index (χ0v) is 15.2. The number of benzene rings is 1. The summed E-state index contributed by atoms with van der Waals surface area (Å²) in [5.74, 6) is 1.60. The number of ether oxygens (including phenoxy) is 1. The monoisotopic (exact) mass is 355 g/mol. The van der Waals surface area contributed by atoms with Gasteiger partial charge in [-0.25, -0.2) is 4.79 Å². The fourth-order valence-corrected chi connectivity index (χ4v) is 3.18. The number of urea groups is 1. The Morgan fingerprint density at radius 3 is 2.88 bits per heavy atom. The van der Waals surface area contributed by atoms with E-state index in [1.54, 1.807) is 4.90 Å². The number of nitrogens with one attached hydrogen (secondary N) is 1. The van der Waals surface area contributed by atoms with Gasteiger partial charge in [-0.05, 0) is 42.9 Å². The van der Waals surface area contributed by atoms with Crippen LogP contribution in [0.5, 0.6) is 0 Å². The SMILES string of the molecule is CCc1ccc(NC(=O)N2CCc3onc(COCC4CC4)c3C2)cc1. The van der Waals surface area contributed by atoms with Crippen LogP contribution >= 0.6 is 0 Å². The second-order valence-corrected chi connectivity index (χ2v) is 7.14. The number of hydrogen-bond donors (Lipinski definition) is 1. The molecule has 1 aliphatic heterocycles. The van der Waals surface area contributed by atoms with Crippen LogP contribution in [0.4, 0.5) is 10.5 Å². The summed E-state index contributed by atoms with van der Waals surface area (Å²) in [6, 6.07) is 7.88. The molecule has 0 radical (unpaired) electrons. The lowest BCUT2D eigenvalue weighted by Crippen LogP contribution is -2.38. The molecule has 0 spiro atoms. The minimum absolute atomic E-state index is 0.0917. The van der Waals surface area contributed by atoms with Crippen LogP contribution < -0.4 is 5.32 Å². The summed E-state index contributed by atoms with van der Waals surface area (Å²) in [5, 5.41) is 7.13. The maximum absolute atomic E-state index is 12.6. The topological polar surface area (TPSA) is 67.6 Å². The molecule has 2 aromatic rings. The van der Waals surface area contributed by atoms with Gasteiger partial charge >= 0.3 is 6.03 Å². The largest absolute Gasteiger partial charge is 0.375 e. The molecule has 1 fully saturated rings. The van der Waals surface area contributed by atoms with Gasteiger partial charge in [0.1, 0.15) is 11.5 Å². The Bertz CT molecular complexity index is 765. The third kappa shape index (κ3) is 3.90. The van der Waals surface area contributed by atoms with E-state index >= 15 is 0 Å². The highest BCUT2D eigenvalue weighted by Crippen LogP contribution is 2.30. The highest BCUT2D eigenvalue weighted by Gasteiger charge is 2.28. The lowest BCUT2D eigenvalue weighted by molar-refractivity contribution is 0.106. The van der Waals surface area contributed by atoms with Crippen molar-refractivity contribution in [2.45, 2.75) is 45.8 Å². The van der Waals surface area contributed by atoms with Gasteiger partial charge < -0.3 is 19.5 Å². The molecule has 0 bridgehead atoms. The van der Waals surface area contributed by atoms with Crippen molar-refractivity contribution in [3.05, 3.63) is 46.8 Å². The first-order chi connectivity index (χ1) is 12.7. The van der Waals surface area contributed by atoms with Crippen LogP contribution in [-0.2, 0) is 30.7 Å². The van der Waals surface area contributed by atoms with Crippen LogP contribution in [0.1, 0.15) is 42.3 Å². The van der Waals surface area contributed by atoms with E-state index in [9.17, 15) is 4.79 Å². The summed E-state index contributed by atoms with van der Waals surface area (Å²) in [5.41, 5.74) is 3.90. The number of hydrogen-bond acceptors (Lipinski definition) is 4. The molecule has 2 aliphatic rings. The van der Waals surface area contributed by atoms with Crippen LogP contribution in [0.3, 0.4) is 0 Å². The Hall–Kier alpha value is -2.34. The van der Waals surface area contributed by atoms with Gasteiger partial charge in [-0.3, -0.25) is 0 Å². The zero-order valence-electron chi connectivity index (χ0n) is 15.2. The highest BCUT2D eigenvalue weighted by molar-refractivity contribution is 5.89. The van der Waals surface area contributed by atoms with Crippen LogP contribution in [0.15, 0.2) is 28.8 Å². The minimum Gasteiger partial charge on any atom is -0.375 e. The molecule has 1 aromatic heterocycles. The maximum Gasteiger partial charge on any atom is 0.322 e. The number of fused-ring (bicyclic) bond motifs is 1. The van der Waals surface area contributed by atoms with Crippen molar-refractivity contribution in [1.29, 1.82) is 0 Å². The maximum atomic E-state index is 12.6. The summed E-state index contributed by atoms with van der Waals surface area (Å²) in [6.45, 7) is 4.51. The summed E-state index contributed by atoms with van der Waals surface area (Å²) >= 11 is 0. The predicted octanol–water partition coefficient (Wildman–Crippen LogP) is 3.75. The number of aryl methyl sites for hydroxylation is 1. The van der Waals surface area contributed by atoms with Gasteiger partial charge in [-0.1, -0.05) is 24.2 Å². The number of nitrogens with zero attached hydrogens (tertiary/aromatic N) is 2. The smallest absolute Gasteiger partial charge is 0.322 e. The van der Waals surface area contributed by atoms with Gasteiger partial charge in [0.05, 0.1) is 13.2 Å². The van der Waals surface area contributed by atoms with Gasteiger partial charge in [0.2, 0.25) is 0 Å². The Labute approximate surface area is 153 Å². The molecular weight excluding hydrogens is 330 g/mol. The molecule has 2 amide bonds. The molecule has 4 rings (SSSR count). The van der Waals surface area contributed by atoms with Gasteiger partial charge in [0, 0.05) is 30.8 Å². The third-order valence-corrected chi connectivity index (χ3v) is 5.10. The first kappa shape index (κ1) is 17.1. The van der Waals surface area contributed by atoms with Crippen LogP contribution in [-0.4, -0.2) is 29.2 Å². The fraction of sp³-hybridized carbons (Fsp3) is 0.500. The Morgan fingerprint density at radius 2 is 2.15 bits per heavy atom. The van der Waals surface area contributed by atoms with E-state index in [4.69, 9.17) is 9.26 Å². The lowest BCUT2D eigenvalue weighted by Gasteiger charge is -2.26. The quantitative estimate of drug-likeness (QED) is 0.857. The molecule has 0 saturated heterocycles. The number of carbonyl (C=O) groups is 1. The molecule has 26 heavy (non-hydrogen) atoms. The Kier molecular flexibility index (Phi) is 4.93. The molecule has 1 saturated carbocycles. The second kappa shape index (κ2) is 7.50. The first-order valence-corrected chi connectivity index (χ1v) is 9.42. The van der Waals surface area contributed by atoms with E-state index in [0.29, 0.717) is 26.1 Å². The molecule has 6 heteroatoms. The fourth-order valence-electron chi connectivity index (χ4n) is 3.18. The van der Waals surface area contributed by atoms with Gasteiger partial charge in [-0.2, -0.15) is 0 Å². The predicted molar refractivity (Wildman–Crippen MR) is 97.8 cm³/mol. The van der Waals surface area contributed by atoms with Gasteiger partial charge in [0.15, 0.2) is 0 Å². The van der Waals surface area contributed by atoms with E-state index in [2.05, 4.69) is 17.4 Å². The molecule has 0 atom stereocenters. The normalized spacial score (nSPS) is 16.4. The number of rotatable bonds is 6. The van der Waals surface area contributed by atoms with Crippen molar-refractivity contribution in [3.63, 3.8) is 0 Å². The molecule has 2 heterocycles. The lowest BCUT2D eigenvalue weighted by atomic mass is 10.1. The first-order valence-electron chi connectivity index (χ1n) is 9.42. The van der Waals surface area contributed by atoms with E-state index in [1.807, 2.05) is 24.3 Å². The van der Waals surface area contributed by atoms with Crippen molar-refractivity contribution < 1.29 is 14.1 Å². The minimum atomic E-state index is -0.0917. The van der Waals surface area contributed by atoms with Crippen molar-refractivity contribution in [1.82, 2.24) is 10.1 Å². The Morgan fingerprint density at radius 1 is 1.35 bits per heavy atom. The summed E-state index contributed by atoms with van der Waals surface area (Å²) in [7, 11) is 0. The van der Waals surface area contributed by atoms with Crippen LogP contribution in [0, 0.1) is 5.92 Å². The molecule has 1 N–H and O–H groups in total. The third-order valence-electron chi connectivity index (χ3n) is 5.10. The van der Waals surface area contributed by atoms with Crippen molar-refractivity contribution in [2.24, 2.45) is 5.92 Å². The molecule has 138 valence electrons. The standard InChI is InChI=1S/C20H25N3O3/c1-2-14-5-7-16(8-6-14)21-20(24)23-10-9-19-17(11-23)18(22-26-19)13-25-12-15-3-4-15/h5-8,15H,2-4,9-13H2,1H3,(H,21,24). The van der Waals surface area contributed by atoms with E-state index in [0.717, 1.165) is 41.7 Å². The number of aromatic nitrogens is 1. The average molecular weight is 355 g/mol. The van der Waals surface area contributed by atoms with Crippen LogP contribution in [0.25, 0.3) is 0 Å². The van der Waals surface area contributed by atoms with Crippen molar-refractivity contribution in [3.8, 4) is 0 Å². The van der Waals surface area contributed by atoms with Gasteiger partial charge in [-0.15, -0.1) is 0 Å². The molecule has 1 aliphatic carbocycles. The summed E-state index contributed by atoms with van der Waals surface area (Å²) in [6.07, 6.45) is 4.21. The summed E-state index contributed by atoms with van der Waals surface area (Å²) in [4.78, 5) is 14.4. The molecule has 1 aromatic carbocycles. The Balaban J connectivity index is 1.36. The van der Waals surface area contributed by atoms with E-state index in [1.165, 1.54) is 18.4 Å². The van der Waals surface area contributed by atoms with Gasteiger partial charge in [0.25, 0.3) is 0 Å². The highest BCUT2D eigenvalue weighted by atomic mass is 16.5. The molecule has 6 nitrogen and oxygen atoms in total. The van der Waals surface area contributed by atoms with Crippen molar-refractivity contribution >= 4 is 11.7 Å². The molecular formula is C20H25N3O3. The van der Waals surface area contributed by atoms with Crippen molar-refractivity contribution in [2.75, 3.05) is 18.5 Å².